The number of aliphatic hydroxyl groups excluding tert-OH is 1. The van der Waals surface area contributed by atoms with Crippen LogP contribution in [0.5, 0.6) is 5.75 Å². The van der Waals surface area contributed by atoms with Gasteiger partial charge in [-0.25, -0.2) is 0 Å². The van der Waals surface area contributed by atoms with Crippen LogP contribution in [0.1, 0.15) is 195 Å². The van der Waals surface area contributed by atoms with Gasteiger partial charge in [0.2, 0.25) is 0 Å². The van der Waals surface area contributed by atoms with E-state index in [1.54, 1.807) is 7.11 Å². The second-order valence-electron chi connectivity index (χ2n) is 21.1. The van der Waals surface area contributed by atoms with Gasteiger partial charge in [0.1, 0.15) is 11.9 Å². The lowest BCUT2D eigenvalue weighted by Gasteiger charge is -2.21. The standard InChI is InChI=1S/C58H102O6/c1-47(20-14-22-50(4)26-18-30-54(8)42-62-44-56-33-35-57(60-9)36-34-56)23-15-27-51(5)37-39-61-45-58(46-63-43-55-31-11-10-12-32-55)64-40-38-52(6)28-16-24-48(2)19-13-21-49(3)25-17-29-53(7)41-59/h10-12,31-36,47-54,58-59H,13-30,37-46H2,1-9H3/t47-,48-,49+,50+,51-,52-,53+,54+,58+/m1/s1. The summed E-state index contributed by atoms with van der Waals surface area (Å²) in [6.45, 7) is 24.2. The summed E-state index contributed by atoms with van der Waals surface area (Å²) in [5, 5.41) is 9.26. The third-order valence-electron chi connectivity index (χ3n) is 13.9. The molecule has 6 nitrogen and oxygen atoms in total. The second kappa shape index (κ2) is 38.1. The Kier molecular flexibility index (Phi) is 34.6. The molecular formula is C58H102O6. The van der Waals surface area contributed by atoms with Crippen LogP contribution in [0, 0.1) is 47.3 Å². The van der Waals surface area contributed by atoms with Gasteiger partial charge in [-0.2, -0.15) is 0 Å². The van der Waals surface area contributed by atoms with E-state index in [2.05, 4.69) is 97.9 Å². The van der Waals surface area contributed by atoms with Crippen molar-refractivity contribution in [1.29, 1.82) is 0 Å². The molecule has 6 heteroatoms. The van der Waals surface area contributed by atoms with Crippen LogP contribution < -0.4 is 4.74 Å². The van der Waals surface area contributed by atoms with Gasteiger partial charge in [0, 0.05) is 26.4 Å². The molecule has 1 N–H and O–H groups in total. The minimum atomic E-state index is -0.0327. The topological polar surface area (TPSA) is 66.4 Å². The molecule has 0 radical (unpaired) electrons. The Morgan fingerprint density at radius 2 is 0.766 bits per heavy atom. The fourth-order valence-electron chi connectivity index (χ4n) is 8.99. The highest BCUT2D eigenvalue weighted by molar-refractivity contribution is 5.26. The average Bonchev–Trinajstić information content (AvgIpc) is 3.28. The summed E-state index contributed by atoms with van der Waals surface area (Å²) < 4.78 is 30.1. The van der Waals surface area contributed by atoms with Crippen LogP contribution in [0.2, 0.25) is 0 Å². The minimum Gasteiger partial charge on any atom is -0.497 e. The zero-order chi connectivity index (χ0) is 46.6. The van der Waals surface area contributed by atoms with Crippen LogP contribution in [0.4, 0.5) is 0 Å². The summed E-state index contributed by atoms with van der Waals surface area (Å²) in [6, 6.07) is 18.6. The Morgan fingerprint density at radius 3 is 1.22 bits per heavy atom. The van der Waals surface area contributed by atoms with Crippen LogP contribution >= 0.6 is 0 Å². The highest BCUT2D eigenvalue weighted by atomic mass is 16.6. The largest absolute Gasteiger partial charge is 0.497 e. The van der Waals surface area contributed by atoms with Gasteiger partial charge in [-0.15, -0.1) is 0 Å². The van der Waals surface area contributed by atoms with E-state index in [1.165, 1.54) is 120 Å². The Balaban J connectivity index is 1.54. The molecule has 2 aromatic rings. The van der Waals surface area contributed by atoms with Crippen molar-refractivity contribution in [3.8, 4) is 5.75 Å². The number of hydrogen-bond acceptors (Lipinski definition) is 6. The van der Waals surface area contributed by atoms with E-state index in [-0.39, 0.29) is 6.10 Å². The van der Waals surface area contributed by atoms with Gasteiger partial charge in [-0.05, 0) is 96.3 Å². The molecule has 0 aromatic heterocycles. The average molecular weight is 895 g/mol. The third kappa shape index (κ3) is 31.9. The number of benzene rings is 2. The minimum absolute atomic E-state index is 0.0327. The van der Waals surface area contributed by atoms with Gasteiger partial charge >= 0.3 is 0 Å². The summed E-state index contributed by atoms with van der Waals surface area (Å²) in [5.41, 5.74) is 2.40. The molecule has 370 valence electrons. The maximum absolute atomic E-state index is 9.26. The number of aliphatic hydroxyl groups is 1. The fourth-order valence-corrected chi connectivity index (χ4v) is 8.99. The molecule has 0 amide bonds. The molecule has 0 heterocycles. The molecular weight excluding hydrogens is 793 g/mol. The zero-order valence-electron chi connectivity index (χ0n) is 43.2. The Bertz CT molecular complexity index is 1300. The van der Waals surface area contributed by atoms with Crippen molar-refractivity contribution in [1.82, 2.24) is 0 Å². The van der Waals surface area contributed by atoms with Crippen molar-refractivity contribution in [3.05, 3.63) is 65.7 Å². The lowest BCUT2D eigenvalue weighted by Crippen LogP contribution is -2.27. The molecule has 0 aliphatic carbocycles. The molecule has 0 bridgehead atoms. The molecule has 2 rings (SSSR count). The van der Waals surface area contributed by atoms with Crippen molar-refractivity contribution >= 4 is 0 Å². The normalized spacial score (nSPS) is 16.2. The molecule has 0 fully saturated rings. The number of hydrogen-bond donors (Lipinski definition) is 1. The maximum Gasteiger partial charge on any atom is 0.118 e. The van der Waals surface area contributed by atoms with E-state index in [4.69, 9.17) is 23.7 Å². The number of ether oxygens (including phenoxy) is 5. The molecule has 2 aromatic carbocycles. The lowest BCUT2D eigenvalue weighted by atomic mass is 9.90. The van der Waals surface area contributed by atoms with Gasteiger partial charge in [0.15, 0.2) is 0 Å². The predicted octanol–water partition coefficient (Wildman–Crippen LogP) is 15.7. The maximum atomic E-state index is 9.26. The summed E-state index contributed by atoms with van der Waals surface area (Å²) in [4.78, 5) is 0. The third-order valence-corrected chi connectivity index (χ3v) is 13.9. The molecule has 9 atom stereocenters. The first-order valence-electron chi connectivity index (χ1n) is 26.6. The summed E-state index contributed by atoms with van der Waals surface area (Å²) in [7, 11) is 1.70. The van der Waals surface area contributed by atoms with Crippen LogP contribution in [0.3, 0.4) is 0 Å². The molecule has 0 saturated heterocycles. The number of methoxy groups -OCH3 is 1. The summed E-state index contributed by atoms with van der Waals surface area (Å²) >= 11 is 0. The van der Waals surface area contributed by atoms with Crippen molar-refractivity contribution in [2.24, 2.45) is 47.3 Å². The molecule has 64 heavy (non-hydrogen) atoms. The zero-order valence-corrected chi connectivity index (χ0v) is 43.2. The van der Waals surface area contributed by atoms with Gasteiger partial charge in [-0.3, -0.25) is 0 Å². The van der Waals surface area contributed by atoms with Gasteiger partial charge in [0.25, 0.3) is 0 Å². The molecule has 0 saturated carbocycles. The SMILES string of the molecule is COc1ccc(COC[C@@H](C)CCC[C@@H](C)CCC[C@@H](C)CCC[C@@H](C)CCOC[C@@H](COCc2ccccc2)OCC[C@H](C)CCC[C@H](C)CCC[C@H](C)CCC[C@H](C)CO)cc1. The van der Waals surface area contributed by atoms with Crippen molar-refractivity contribution < 1.29 is 28.8 Å². The fraction of sp³-hybridized carbons (Fsp3) is 0.793. The Morgan fingerprint density at radius 1 is 0.391 bits per heavy atom. The smallest absolute Gasteiger partial charge is 0.118 e. The van der Waals surface area contributed by atoms with E-state index in [0.717, 1.165) is 68.5 Å². The highest BCUT2D eigenvalue weighted by Crippen LogP contribution is 2.25. The van der Waals surface area contributed by atoms with E-state index in [0.29, 0.717) is 56.7 Å². The van der Waals surface area contributed by atoms with E-state index in [1.807, 2.05) is 12.1 Å². The van der Waals surface area contributed by atoms with Gasteiger partial charge < -0.3 is 28.8 Å². The first kappa shape index (κ1) is 58.2. The van der Waals surface area contributed by atoms with Gasteiger partial charge in [-0.1, -0.05) is 201 Å². The van der Waals surface area contributed by atoms with E-state index >= 15 is 0 Å². The number of rotatable bonds is 43. The van der Waals surface area contributed by atoms with Crippen molar-refractivity contribution in [2.45, 2.75) is 203 Å². The summed E-state index contributed by atoms with van der Waals surface area (Å²) in [6.07, 6.45) is 25.7. The highest BCUT2D eigenvalue weighted by Gasteiger charge is 2.15. The second-order valence-corrected chi connectivity index (χ2v) is 21.1. The lowest BCUT2D eigenvalue weighted by molar-refractivity contribution is -0.0670. The molecule has 0 spiro atoms. The Labute approximate surface area is 396 Å². The van der Waals surface area contributed by atoms with Crippen molar-refractivity contribution in [3.63, 3.8) is 0 Å². The molecule has 0 unspecified atom stereocenters. The van der Waals surface area contributed by atoms with Crippen LogP contribution in [0.25, 0.3) is 0 Å². The molecule has 0 aliphatic heterocycles. The van der Waals surface area contributed by atoms with Crippen molar-refractivity contribution in [2.75, 3.05) is 46.8 Å². The predicted molar refractivity (Wildman–Crippen MR) is 272 cm³/mol. The van der Waals surface area contributed by atoms with Crippen LogP contribution in [-0.4, -0.2) is 58.0 Å². The first-order valence-corrected chi connectivity index (χ1v) is 26.6. The Hall–Kier alpha value is -1.96. The quantitative estimate of drug-likeness (QED) is 0.0669. The molecule has 0 aliphatic rings. The first-order chi connectivity index (χ1) is 31.0. The van der Waals surface area contributed by atoms with E-state index in [9.17, 15) is 5.11 Å². The monoisotopic (exact) mass is 895 g/mol. The summed E-state index contributed by atoms with van der Waals surface area (Å²) in [5.74, 6) is 6.53. The van der Waals surface area contributed by atoms with Gasteiger partial charge in [0.05, 0.1) is 33.5 Å². The van der Waals surface area contributed by atoms with E-state index < -0.39 is 0 Å². The van der Waals surface area contributed by atoms with Crippen LogP contribution in [0.15, 0.2) is 54.6 Å². The van der Waals surface area contributed by atoms with Crippen LogP contribution in [-0.2, 0) is 32.2 Å².